The van der Waals surface area contributed by atoms with Gasteiger partial charge in [-0.05, 0) is 38.1 Å². The summed E-state index contributed by atoms with van der Waals surface area (Å²) in [6.07, 6.45) is 0. The molecular formula is C19H19FN4O4S. The third-order valence-corrected chi connectivity index (χ3v) is 5.61. The Morgan fingerprint density at radius 3 is 2.55 bits per heavy atom. The lowest BCUT2D eigenvalue weighted by Gasteiger charge is -2.14. The number of aromatic nitrogens is 2. The summed E-state index contributed by atoms with van der Waals surface area (Å²) in [5.41, 5.74) is 1.07. The molecule has 0 radical (unpaired) electrons. The van der Waals surface area contributed by atoms with Crippen LogP contribution in [0.4, 0.5) is 4.39 Å². The molecule has 0 bridgehead atoms. The Hall–Kier alpha value is -3.11. The number of carbonyl (C=O) groups excluding carboxylic acids is 1. The van der Waals surface area contributed by atoms with Crippen LogP contribution in [0.5, 0.6) is 0 Å². The van der Waals surface area contributed by atoms with Crippen LogP contribution in [0.2, 0.25) is 0 Å². The SMILES string of the molecule is Cc1ccc(S(=O)(=O)N[C@@H](C)C(=O)NCc2noc(-c3ccccc3F)n2)cc1. The minimum atomic E-state index is -3.84. The lowest BCUT2D eigenvalue weighted by molar-refractivity contribution is -0.122. The van der Waals surface area contributed by atoms with Gasteiger partial charge in [0.15, 0.2) is 5.82 Å². The molecule has 3 rings (SSSR count). The van der Waals surface area contributed by atoms with Gasteiger partial charge >= 0.3 is 0 Å². The van der Waals surface area contributed by atoms with Gasteiger partial charge in [0.1, 0.15) is 5.82 Å². The van der Waals surface area contributed by atoms with Crippen molar-refractivity contribution in [1.82, 2.24) is 20.2 Å². The van der Waals surface area contributed by atoms with Gasteiger partial charge in [-0.15, -0.1) is 0 Å². The van der Waals surface area contributed by atoms with E-state index in [0.717, 1.165) is 5.56 Å². The molecule has 1 aromatic heterocycles. The average Bonchev–Trinajstić information content (AvgIpc) is 3.15. The normalized spacial score (nSPS) is 12.5. The number of halogens is 1. The number of nitrogens with zero attached hydrogens (tertiary/aromatic N) is 2. The number of sulfonamides is 1. The molecular weight excluding hydrogens is 399 g/mol. The molecule has 0 fully saturated rings. The van der Waals surface area contributed by atoms with Crippen molar-refractivity contribution in [3.05, 3.63) is 65.7 Å². The highest BCUT2D eigenvalue weighted by atomic mass is 32.2. The number of nitrogens with one attached hydrogen (secondary N) is 2. The van der Waals surface area contributed by atoms with Gasteiger partial charge < -0.3 is 9.84 Å². The van der Waals surface area contributed by atoms with Crippen molar-refractivity contribution in [3.63, 3.8) is 0 Å². The van der Waals surface area contributed by atoms with Crippen LogP contribution in [-0.4, -0.2) is 30.5 Å². The van der Waals surface area contributed by atoms with E-state index >= 15 is 0 Å². The van der Waals surface area contributed by atoms with Crippen molar-refractivity contribution in [1.29, 1.82) is 0 Å². The summed E-state index contributed by atoms with van der Waals surface area (Å²) >= 11 is 0. The standard InChI is InChI=1S/C19H19FN4O4S/c1-12-7-9-14(10-8-12)29(26,27)24-13(2)18(25)21-11-17-22-19(28-23-17)15-5-3-4-6-16(15)20/h3-10,13,24H,11H2,1-2H3,(H,21,25)/t13-/m0/s1. The summed E-state index contributed by atoms with van der Waals surface area (Å²) < 4.78 is 45.8. The predicted molar refractivity (Wildman–Crippen MR) is 103 cm³/mol. The van der Waals surface area contributed by atoms with Crippen molar-refractivity contribution < 1.29 is 22.1 Å². The van der Waals surface area contributed by atoms with Crippen molar-refractivity contribution in [3.8, 4) is 11.5 Å². The first kappa shape index (κ1) is 20.6. The maximum atomic E-state index is 13.8. The molecule has 1 heterocycles. The monoisotopic (exact) mass is 418 g/mol. The molecule has 0 spiro atoms. The fourth-order valence-electron chi connectivity index (χ4n) is 2.46. The number of hydrogen-bond donors (Lipinski definition) is 2. The van der Waals surface area contributed by atoms with Crippen LogP contribution in [0.1, 0.15) is 18.3 Å². The second-order valence-electron chi connectivity index (χ2n) is 6.37. The molecule has 1 atom stereocenters. The number of amides is 1. The third-order valence-electron chi connectivity index (χ3n) is 4.05. The summed E-state index contributed by atoms with van der Waals surface area (Å²) in [6.45, 7) is 3.16. The smallest absolute Gasteiger partial charge is 0.260 e. The highest BCUT2D eigenvalue weighted by Crippen LogP contribution is 2.20. The van der Waals surface area contributed by atoms with E-state index in [1.54, 1.807) is 18.2 Å². The molecule has 8 nitrogen and oxygen atoms in total. The Morgan fingerprint density at radius 2 is 1.86 bits per heavy atom. The van der Waals surface area contributed by atoms with E-state index in [1.165, 1.54) is 37.3 Å². The highest BCUT2D eigenvalue weighted by molar-refractivity contribution is 7.89. The number of rotatable bonds is 7. The number of benzene rings is 2. The molecule has 3 aromatic rings. The summed E-state index contributed by atoms with van der Waals surface area (Å²) in [5.74, 6) is -0.963. The van der Waals surface area contributed by atoms with E-state index in [0.29, 0.717) is 0 Å². The molecule has 2 aromatic carbocycles. The van der Waals surface area contributed by atoms with Crippen LogP contribution in [0.15, 0.2) is 57.9 Å². The molecule has 0 aliphatic rings. The van der Waals surface area contributed by atoms with Gasteiger partial charge in [-0.3, -0.25) is 4.79 Å². The molecule has 0 unspecified atom stereocenters. The van der Waals surface area contributed by atoms with Gasteiger partial charge in [0, 0.05) is 0 Å². The molecule has 152 valence electrons. The first-order valence-corrected chi connectivity index (χ1v) is 10.2. The summed E-state index contributed by atoms with van der Waals surface area (Å²) in [4.78, 5) is 16.3. The number of aryl methyl sites for hydroxylation is 1. The van der Waals surface area contributed by atoms with Gasteiger partial charge in [0.2, 0.25) is 15.9 Å². The van der Waals surface area contributed by atoms with Crippen LogP contribution >= 0.6 is 0 Å². The van der Waals surface area contributed by atoms with Crippen molar-refractivity contribution >= 4 is 15.9 Å². The summed E-state index contributed by atoms with van der Waals surface area (Å²) in [6, 6.07) is 11.2. The topological polar surface area (TPSA) is 114 Å². The van der Waals surface area contributed by atoms with E-state index in [9.17, 15) is 17.6 Å². The Balaban J connectivity index is 1.59. The van der Waals surface area contributed by atoms with Gasteiger partial charge in [0.05, 0.1) is 23.0 Å². The van der Waals surface area contributed by atoms with Crippen molar-refractivity contribution in [2.45, 2.75) is 31.3 Å². The maximum absolute atomic E-state index is 13.8. The number of carbonyl (C=O) groups is 1. The van der Waals surface area contributed by atoms with Crippen LogP contribution in [0.3, 0.4) is 0 Å². The van der Waals surface area contributed by atoms with E-state index in [2.05, 4.69) is 20.2 Å². The lowest BCUT2D eigenvalue weighted by atomic mass is 10.2. The van der Waals surface area contributed by atoms with Crippen molar-refractivity contribution in [2.24, 2.45) is 0 Å². The fourth-order valence-corrected chi connectivity index (χ4v) is 3.66. The van der Waals surface area contributed by atoms with Gasteiger partial charge in [-0.25, -0.2) is 12.8 Å². The molecule has 1 amide bonds. The van der Waals surface area contributed by atoms with Gasteiger partial charge in [-0.2, -0.15) is 9.71 Å². The second kappa shape index (κ2) is 8.50. The predicted octanol–water partition coefficient (Wildman–Crippen LogP) is 2.17. The van der Waals surface area contributed by atoms with E-state index in [1.807, 2.05) is 6.92 Å². The van der Waals surface area contributed by atoms with E-state index in [-0.39, 0.29) is 28.7 Å². The van der Waals surface area contributed by atoms with Crippen LogP contribution < -0.4 is 10.0 Å². The minimum Gasteiger partial charge on any atom is -0.347 e. The van der Waals surface area contributed by atoms with E-state index < -0.39 is 27.8 Å². The zero-order chi connectivity index (χ0) is 21.0. The fraction of sp³-hybridized carbons (Fsp3) is 0.211. The molecule has 0 saturated heterocycles. The van der Waals surface area contributed by atoms with E-state index in [4.69, 9.17) is 4.52 Å². The van der Waals surface area contributed by atoms with Crippen LogP contribution in [0.25, 0.3) is 11.5 Å². The van der Waals surface area contributed by atoms with Gasteiger partial charge in [0.25, 0.3) is 5.89 Å². The van der Waals surface area contributed by atoms with Crippen molar-refractivity contribution in [2.75, 3.05) is 0 Å². The Labute approximate surface area is 167 Å². The van der Waals surface area contributed by atoms with Crippen LogP contribution in [0, 0.1) is 12.7 Å². The summed E-state index contributed by atoms with van der Waals surface area (Å²) in [5, 5.41) is 6.21. The zero-order valence-electron chi connectivity index (χ0n) is 15.7. The maximum Gasteiger partial charge on any atom is 0.260 e. The highest BCUT2D eigenvalue weighted by Gasteiger charge is 2.22. The zero-order valence-corrected chi connectivity index (χ0v) is 16.5. The molecule has 10 heteroatoms. The summed E-state index contributed by atoms with van der Waals surface area (Å²) in [7, 11) is -3.84. The molecule has 0 aliphatic carbocycles. The first-order valence-electron chi connectivity index (χ1n) is 8.70. The Morgan fingerprint density at radius 1 is 1.17 bits per heavy atom. The molecule has 0 aliphatic heterocycles. The Bertz CT molecular complexity index is 1110. The first-order chi connectivity index (χ1) is 13.8. The Kier molecular flexibility index (Phi) is 6.04. The van der Waals surface area contributed by atoms with Gasteiger partial charge in [-0.1, -0.05) is 35.0 Å². The molecule has 2 N–H and O–H groups in total. The molecule has 0 saturated carbocycles. The lowest BCUT2D eigenvalue weighted by Crippen LogP contribution is -2.44. The minimum absolute atomic E-state index is 0.0135. The largest absolute Gasteiger partial charge is 0.347 e. The molecule has 29 heavy (non-hydrogen) atoms. The third kappa shape index (κ3) is 5.04. The number of hydrogen-bond acceptors (Lipinski definition) is 6. The second-order valence-corrected chi connectivity index (χ2v) is 8.08. The average molecular weight is 418 g/mol. The quantitative estimate of drug-likeness (QED) is 0.608. The van der Waals surface area contributed by atoms with Crippen LogP contribution in [-0.2, 0) is 21.4 Å².